The van der Waals surface area contributed by atoms with Crippen molar-refractivity contribution < 1.29 is 33.4 Å². The minimum atomic E-state index is -1.06. The van der Waals surface area contributed by atoms with E-state index in [-0.39, 0.29) is 44.8 Å². The average Bonchev–Trinajstić information content (AvgIpc) is 2.97. The molecule has 0 saturated heterocycles. The second kappa shape index (κ2) is 19.0. The molecule has 0 radical (unpaired) electrons. The zero-order valence-corrected chi connectivity index (χ0v) is 26.0. The van der Waals surface area contributed by atoms with Gasteiger partial charge < -0.3 is 31.2 Å². The van der Waals surface area contributed by atoms with Crippen LogP contribution in [0, 0.1) is 5.92 Å². The molecule has 0 heterocycles. The molecule has 0 aliphatic rings. The predicted octanol–water partition coefficient (Wildman–Crippen LogP) is 3.58. The van der Waals surface area contributed by atoms with Gasteiger partial charge in [-0.1, -0.05) is 80.1 Å². The van der Waals surface area contributed by atoms with Gasteiger partial charge in [0.15, 0.2) is 0 Å². The maximum atomic E-state index is 13.6. The first-order valence-electron chi connectivity index (χ1n) is 14.4. The maximum absolute atomic E-state index is 13.6. The van der Waals surface area contributed by atoms with Crippen molar-refractivity contribution in [1.29, 1.82) is 0 Å². The van der Waals surface area contributed by atoms with Gasteiger partial charge in [-0.15, -0.1) is 0 Å². The highest BCUT2D eigenvalue weighted by molar-refractivity contribution is 6.31. The number of carbonyl (C=O) groups excluding carboxylic acids is 5. The molecule has 12 heteroatoms. The molecule has 4 amide bonds. The van der Waals surface area contributed by atoms with Crippen LogP contribution in [0.15, 0.2) is 66.7 Å². The topological polar surface area (TPSA) is 166 Å². The Morgan fingerprint density at radius 3 is 2.18 bits per heavy atom. The summed E-state index contributed by atoms with van der Waals surface area (Å²) >= 11 is 6.14. The van der Waals surface area contributed by atoms with Crippen LogP contribution in [0.1, 0.15) is 51.2 Å². The van der Waals surface area contributed by atoms with Crippen molar-refractivity contribution in [2.75, 3.05) is 6.61 Å². The number of carbonyl (C=O) groups is 5. The Kier molecular flexibility index (Phi) is 15.5. The van der Waals surface area contributed by atoms with Gasteiger partial charge in [-0.3, -0.25) is 14.4 Å². The van der Waals surface area contributed by atoms with E-state index >= 15 is 0 Å². The monoisotopic (exact) mass is 628 g/mol. The summed E-state index contributed by atoms with van der Waals surface area (Å²) in [6, 6.07) is 13.2. The van der Waals surface area contributed by atoms with Gasteiger partial charge >= 0.3 is 12.1 Å². The Labute approximate surface area is 262 Å². The third-order valence-corrected chi connectivity index (χ3v) is 6.70. The normalized spacial score (nSPS) is 13.0. The first-order valence-corrected chi connectivity index (χ1v) is 14.8. The fraction of sp³-hybridized carbons (Fsp3) is 0.406. The Morgan fingerprint density at radius 1 is 0.886 bits per heavy atom. The van der Waals surface area contributed by atoms with Gasteiger partial charge in [-0.05, 0) is 37.3 Å². The number of halogens is 1. The molecule has 0 aliphatic heterocycles. The van der Waals surface area contributed by atoms with Crippen LogP contribution >= 0.6 is 11.6 Å². The summed E-state index contributed by atoms with van der Waals surface area (Å²) in [4.78, 5) is 63.0. The average molecular weight is 629 g/mol. The van der Waals surface area contributed by atoms with Crippen LogP contribution in [0.25, 0.3) is 0 Å². The van der Waals surface area contributed by atoms with Crippen LogP contribution in [-0.2, 0) is 41.7 Å². The quantitative estimate of drug-likeness (QED) is 0.153. The van der Waals surface area contributed by atoms with Gasteiger partial charge in [0.2, 0.25) is 17.7 Å². The number of amides is 4. The van der Waals surface area contributed by atoms with E-state index in [4.69, 9.17) is 26.8 Å². The molecule has 0 fully saturated rings. The molecular weight excluding hydrogens is 588 g/mol. The lowest BCUT2D eigenvalue weighted by Gasteiger charge is -2.25. The highest BCUT2D eigenvalue weighted by Gasteiger charge is 2.29. The van der Waals surface area contributed by atoms with Gasteiger partial charge in [0.05, 0.1) is 6.61 Å². The lowest BCUT2D eigenvalue weighted by atomic mass is 10.0. The number of primary amides is 1. The first kappa shape index (κ1) is 35.8. The van der Waals surface area contributed by atoms with Gasteiger partial charge in [0, 0.05) is 35.5 Å². The summed E-state index contributed by atoms with van der Waals surface area (Å²) in [5.41, 5.74) is 6.68. The van der Waals surface area contributed by atoms with Crippen LogP contribution in [-0.4, -0.2) is 54.5 Å². The minimum Gasteiger partial charge on any atom is -0.463 e. The number of nitrogens with one attached hydrogen (secondary N) is 3. The Bertz CT molecular complexity index is 1290. The van der Waals surface area contributed by atoms with Crippen LogP contribution in [0.3, 0.4) is 0 Å². The fourth-order valence-electron chi connectivity index (χ4n) is 4.16. The highest BCUT2D eigenvalue weighted by atomic mass is 35.5. The molecule has 0 saturated carbocycles. The van der Waals surface area contributed by atoms with Crippen molar-refractivity contribution >= 4 is 41.4 Å². The van der Waals surface area contributed by atoms with Crippen molar-refractivity contribution in [2.24, 2.45) is 11.7 Å². The van der Waals surface area contributed by atoms with Crippen LogP contribution in [0.2, 0.25) is 5.02 Å². The standard InChI is InChI=1S/C32H41ClN4O7/c1-4-43-29(39)17-15-24(14-16-28(34)38)35-30(40)27(19-22-10-6-5-7-11-22)36-31(41)26(18-21(2)3)37-32(42)44-20-23-12-8-9-13-25(23)33/h5-13,15,17,21,24,26-27H,4,14,16,18-20H2,1-3H3,(H2,34,38)(H,35,40)(H,36,41)(H,37,42)/b17-15+/t24-,26-,27-/m0/s1. The number of alkyl carbamates (subject to hydrolysis) is 1. The van der Waals surface area contributed by atoms with Crippen LogP contribution in [0.4, 0.5) is 4.79 Å². The summed E-state index contributed by atoms with van der Waals surface area (Å²) in [5.74, 6) is -2.31. The molecule has 44 heavy (non-hydrogen) atoms. The molecule has 5 N–H and O–H groups in total. The largest absolute Gasteiger partial charge is 0.463 e. The summed E-state index contributed by atoms with van der Waals surface area (Å²) in [6.45, 7) is 5.53. The third kappa shape index (κ3) is 13.7. The van der Waals surface area contributed by atoms with Crippen LogP contribution < -0.4 is 21.7 Å². The fourth-order valence-corrected chi connectivity index (χ4v) is 4.35. The molecule has 0 bridgehead atoms. The maximum Gasteiger partial charge on any atom is 0.408 e. The van der Waals surface area contributed by atoms with E-state index < -0.39 is 47.9 Å². The molecule has 2 aromatic carbocycles. The van der Waals surface area contributed by atoms with Gasteiger partial charge in [-0.25, -0.2) is 9.59 Å². The number of nitrogens with two attached hydrogens (primary N) is 1. The van der Waals surface area contributed by atoms with Crippen LogP contribution in [0.5, 0.6) is 0 Å². The Balaban J connectivity index is 2.21. The van der Waals surface area contributed by atoms with Crippen molar-refractivity contribution in [3.05, 3.63) is 82.9 Å². The SMILES string of the molecule is CCOC(=O)/C=C/[C@H](CCC(N)=O)NC(=O)[C@H](Cc1ccccc1)NC(=O)[C@H](CC(C)C)NC(=O)OCc1ccccc1Cl. The lowest BCUT2D eigenvalue weighted by molar-refractivity contribution is -0.137. The Hall–Kier alpha value is -4.38. The van der Waals surface area contributed by atoms with E-state index in [0.29, 0.717) is 10.6 Å². The van der Waals surface area contributed by atoms with Crippen molar-refractivity contribution in [3.63, 3.8) is 0 Å². The zero-order valence-electron chi connectivity index (χ0n) is 25.2. The van der Waals surface area contributed by atoms with E-state index in [2.05, 4.69) is 16.0 Å². The number of rotatable bonds is 17. The first-order chi connectivity index (χ1) is 21.0. The third-order valence-electron chi connectivity index (χ3n) is 6.33. The van der Waals surface area contributed by atoms with Crippen molar-refractivity contribution in [3.8, 4) is 0 Å². The molecule has 11 nitrogen and oxygen atoms in total. The minimum absolute atomic E-state index is 0.0159. The van der Waals surface area contributed by atoms with E-state index in [1.165, 1.54) is 6.08 Å². The van der Waals surface area contributed by atoms with Gasteiger partial charge in [0.1, 0.15) is 18.7 Å². The zero-order chi connectivity index (χ0) is 32.5. The predicted molar refractivity (Wildman–Crippen MR) is 166 cm³/mol. The summed E-state index contributed by atoms with van der Waals surface area (Å²) < 4.78 is 10.2. The second-order valence-electron chi connectivity index (χ2n) is 10.5. The van der Waals surface area contributed by atoms with E-state index in [1.807, 2.05) is 44.2 Å². The molecule has 0 spiro atoms. The molecule has 2 rings (SSSR count). The lowest BCUT2D eigenvalue weighted by Crippen LogP contribution is -2.55. The number of esters is 1. The molecule has 0 aromatic heterocycles. The number of benzene rings is 2. The molecule has 2 aromatic rings. The Morgan fingerprint density at radius 2 is 1.55 bits per heavy atom. The molecular formula is C32H41ClN4O7. The molecule has 238 valence electrons. The second-order valence-corrected chi connectivity index (χ2v) is 10.9. The van der Waals surface area contributed by atoms with E-state index in [9.17, 15) is 24.0 Å². The highest BCUT2D eigenvalue weighted by Crippen LogP contribution is 2.16. The van der Waals surface area contributed by atoms with Crippen molar-refractivity contribution in [2.45, 2.75) is 71.2 Å². The number of hydrogen-bond donors (Lipinski definition) is 4. The number of hydrogen-bond acceptors (Lipinski definition) is 7. The van der Waals surface area contributed by atoms with Gasteiger partial charge in [0.25, 0.3) is 0 Å². The molecule has 3 atom stereocenters. The van der Waals surface area contributed by atoms with E-state index in [1.54, 1.807) is 31.2 Å². The smallest absolute Gasteiger partial charge is 0.408 e. The summed E-state index contributed by atoms with van der Waals surface area (Å²) in [6.07, 6.45) is 2.24. The van der Waals surface area contributed by atoms with Crippen molar-refractivity contribution in [1.82, 2.24) is 16.0 Å². The number of ether oxygens (including phenoxy) is 2. The molecule has 0 unspecified atom stereocenters. The summed E-state index contributed by atoms with van der Waals surface area (Å²) in [7, 11) is 0. The molecule has 0 aliphatic carbocycles. The van der Waals surface area contributed by atoms with E-state index in [0.717, 1.165) is 11.6 Å². The van der Waals surface area contributed by atoms with Gasteiger partial charge in [-0.2, -0.15) is 0 Å². The summed E-state index contributed by atoms with van der Waals surface area (Å²) in [5, 5.41) is 8.59.